The van der Waals surface area contributed by atoms with E-state index in [1.54, 1.807) is 0 Å². The topological polar surface area (TPSA) is 68.9 Å². The summed E-state index contributed by atoms with van der Waals surface area (Å²) < 4.78 is 13.4. The van der Waals surface area contributed by atoms with Gasteiger partial charge in [-0.1, -0.05) is 0 Å². The van der Waals surface area contributed by atoms with Crippen molar-refractivity contribution in [2.24, 2.45) is 0 Å². The molecule has 80 valence electrons. The maximum Gasteiger partial charge on any atom is 0.270 e. The first-order valence-electron chi connectivity index (χ1n) is 4.39. The van der Waals surface area contributed by atoms with Crippen molar-refractivity contribution in [1.82, 2.24) is 9.97 Å². The average Bonchev–Trinajstić information content (AvgIpc) is 2.30. The van der Waals surface area contributed by atoms with Crippen LogP contribution in [0, 0.1) is 15.9 Å². The summed E-state index contributed by atoms with van der Waals surface area (Å²) in [5.74, 6) is -0.564. The Bertz CT molecular complexity index is 531. The van der Waals surface area contributed by atoms with E-state index in [0.29, 0.717) is 0 Å². The summed E-state index contributed by atoms with van der Waals surface area (Å²) in [4.78, 5) is 17.6. The van der Waals surface area contributed by atoms with Crippen LogP contribution in [-0.2, 0) is 0 Å². The van der Waals surface area contributed by atoms with Gasteiger partial charge in [0, 0.05) is 30.1 Å². The van der Waals surface area contributed by atoms with E-state index in [1.165, 1.54) is 18.6 Å². The molecule has 0 saturated heterocycles. The lowest BCUT2D eigenvalue weighted by Crippen LogP contribution is -1.92. The summed E-state index contributed by atoms with van der Waals surface area (Å²) in [6, 6.07) is 3.29. The fraction of sp³-hybridized carbons (Fsp3) is 0. The molecule has 0 spiro atoms. The molecule has 2 aromatic rings. The molecule has 0 fully saturated rings. The van der Waals surface area contributed by atoms with Crippen molar-refractivity contribution in [3.8, 4) is 11.3 Å². The van der Waals surface area contributed by atoms with Crippen molar-refractivity contribution in [1.29, 1.82) is 0 Å². The minimum atomic E-state index is -0.584. The predicted octanol–water partition coefficient (Wildman–Crippen LogP) is 2.19. The molecular weight excluding hydrogens is 213 g/mol. The highest BCUT2D eigenvalue weighted by atomic mass is 19.1. The highest BCUT2D eigenvalue weighted by Crippen LogP contribution is 2.24. The largest absolute Gasteiger partial charge is 0.270 e. The Morgan fingerprint density at radius 3 is 2.75 bits per heavy atom. The van der Waals surface area contributed by atoms with E-state index in [1.807, 2.05) is 0 Å². The van der Waals surface area contributed by atoms with Gasteiger partial charge in [-0.25, -0.2) is 4.39 Å². The maximum atomic E-state index is 13.4. The minimum absolute atomic E-state index is 0.0716. The zero-order chi connectivity index (χ0) is 11.5. The van der Waals surface area contributed by atoms with E-state index >= 15 is 0 Å². The molecule has 1 aromatic carbocycles. The van der Waals surface area contributed by atoms with Crippen LogP contribution >= 0.6 is 0 Å². The quantitative estimate of drug-likeness (QED) is 0.573. The van der Waals surface area contributed by atoms with Crippen LogP contribution in [0.4, 0.5) is 10.1 Å². The zero-order valence-electron chi connectivity index (χ0n) is 8.00. The van der Waals surface area contributed by atoms with Crippen molar-refractivity contribution >= 4 is 5.69 Å². The van der Waals surface area contributed by atoms with Crippen molar-refractivity contribution in [2.45, 2.75) is 0 Å². The summed E-state index contributed by atoms with van der Waals surface area (Å²) in [6.07, 6.45) is 4.19. The maximum absolute atomic E-state index is 13.4. The molecule has 5 nitrogen and oxygen atoms in total. The van der Waals surface area contributed by atoms with E-state index in [9.17, 15) is 14.5 Å². The number of nitrogens with zero attached hydrogens (tertiary/aromatic N) is 3. The molecule has 0 amide bonds. The SMILES string of the molecule is O=[N+]([O-])c1ccc(F)c(-c2cnccn2)c1. The monoisotopic (exact) mass is 219 g/mol. The van der Waals surface area contributed by atoms with Gasteiger partial charge in [0.1, 0.15) is 5.82 Å². The normalized spacial score (nSPS) is 10.1. The number of nitro groups is 1. The smallest absolute Gasteiger partial charge is 0.261 e. The first-order valence-corrected chi connectivity index (χ1v) is 4.39. The first kappa shape index (κ1) is 10.2. The lowest BCUT2D eigenvalue weighted by molar-refractivity contribution is -0.384. The summed E-state index contributed by atoms with van der Waals surface area (Å²) in [5, 5.41) is 10.5. The van der Waals surface area contributed by atoms with Crippen molar-refractivity contribution in [3.05, 3.63) is 52.7 Å². The Kier molecular flexibility index (Phi) is 2.55. The van der Waals surface area contributed by atoms with Gasteiger partial charge in [0.15, 0.2) is 0 Å². The van der Waals surface area contributed by atoms with Gasteiger partial charge in [0.05, 0.1) is 16.8 Å². The molecule has 0 unspecified atom stereocenters. The van der Waals surface area contributed by atoms with Crippen molar-refractivity contribution in [2.75, 3.05) is 0 Å². The van der Waals surface area contributed by atoms with Crippen molar-refractivity contribution in [3.63, 3.8) is 0 Å². The molecule has 0 atom stereocenters. The van der Waals surface area contributed by atoms with E-state index in [2.05, 4.69) is 9.97 Å². The van der Waals surface area contributed by atoms with Gasteiger partial charge < -0.3 is 0 Å². The molecule has 0 bridgehead atoms. The molecule has 0 radical (unpaired) electrons. The van der Waals surface area contributed by atoms with Crippen LogP contribution < -0.4 is 0 Å². The van der Waals surface area contributed by atoms with Gasteiger partial charge >= 0.3 is 0 Å². The molecule has 0 aliphatic heterocycles. The van der Waals surface area contributed by atoms with E-state index in [4.69, 9.17) is 0 Å². The number of nitro benzene ring substituents is 1. The number of benzene rings is 1. The highest BCUT2D eigenvalue weighted by molar-refractivity contribution is 5.62. The Morgan fingerprint density at radius 2 is 2.12 bits per heavy atom. The molecule has 1 heterocycles. The fourth-order valence-electron chi connectivity index (χ4n) is 1.26. The van der Waals surface area contributed by atoms with E-state index in [0.717, 1.165) is 18.2 Å². The lowest BCUT2D eigenvalue weighted by Gasteiger charge is -2.01. The molecule has 0 aliphatic rings. The molecule has 6 heteroatoms. The minimum Gasteiger partial charge on any atom is -0.261 e. The number of hydrogen-bond acceptors (Lipinski definition) is 4. The standard InChI is InChI=1S/C10H6FN3O2/c11-9-2-1-7(14(15)16)5-8(9)10-6-12-3-4-13-10/h1-6H. The van der Waals surface area contributed by atoms with Crippen LogP contribution in [0.15, 0.2) is 36.8 Å². The number of aromatic nitrogens is 2. The number of halogens is 1. The Balaban J connectivity index is 2.56. The van der Waals surface area contributed by atoms with Gasteiger partial charge in [-0.3, -0.25) is 20.1 Å². The van der Waals surface area contributed by atoms with Crippen LogP contribution in [0.25, 0.3) is 11.3 Å². The second-order valence-electron chi connectivity index (χ2n) is 3.01. The second kappa shape index (κ2) is 4.01. The van der Waals surface area contributed by atoms with Gasteiger partial charge in [0.2, 0.25) is 0 Å². The molecule has 1 aromatic heterocycles. The Morgan fingerprint density at radius 1 is 1.31 bits per heavy atom. The van der Waals surface area contributed by atoms with Gasteiger partial charge in [-0.2, -0.15) is 0 Å². The van der Waals surface area contributed by atoms with Crippen LogP contribution in [0.2, 0.25) is 0 Å². The highest BCUT2D eigenvalue weighted by Gasteiger charge is 2.12. The van der Waals surface area contributed by atoms with Crippen molar-refractivity contribution < 1.29 is 9.31 Å². The number of hydrogen-bond donors (Lipinski definition) is 0. The zero-order valence-corrected chi connectivity index (χ0v) is 8.00. The lowest BCUT2D eigenvalue weighted by atomic mass is 10.1. The molecule has 0 saturated carbocycles. The van der Waals surface area contributed by atoms with E-state index < -0.39 is 10.7 Å². The third-order valence-electron chi connectivity index (χ3n) is 2.00. The molecule has 16 heavy (non-hydrogen) atoms. The summed E-state index contributed by atoms with van der Waals surface area (Å²) in [6.45, 7) is 0. The molecule has 0 aliphatic carbocycles. The summed E-state index contributed by atoms with van der Waals surface area (Å²) >= 11 is 0. The van der Waals surface area contributed by atoms with Gasteiger partial charge in [0.25, 0.3) is 5.69 Å². The van der Waals surface area contributed by atoms with Crippen LogP contribution in [0.3, 0.4) is 0 Å². The van der Waals surface area contributed by atoms with Gasteiger partial charge in [-0.15, -0.1) is 0 Å². The third kappa shape index (κ3) is 1.85. The number of non-ortho nitro benzene ring substituents is 1. The fourth-order valence-corrected chi connectivity index (χ4v) is 1.26. The molecule has 0 N–H and O–H groups in total. The van der Waals surface area contributed by atoms with Crippen LogP contribution in [0.5, 0.6) is 0 Å². The van der Waals surface area contributed by atoms with Gasteiger partial charge in [-0.05, 0) is 6.07 Å². The van der Waals surface area contributed by atoms with Crippen LogP contribution in [-0.4, -0.2) is 14.9 Å². The Labute approximate surface area is 89.7 Å². The Hall–Kier alpha value is -2.37. The summed E-state index contributed by atoms with van der Waals surface area (Å²) in [7, 11) is 0. The average molecular weight is 219 g/mol. The number of rotatable bonds is 2. The molecule has 2 rings (SSSR count). The first-order chi connectivity index (χ1) is 7.68. The summed E-state index contributed by atoms with van der Waals surface area (Å²) in [5.41, 5.74) is 0.160. The predicted molar refractivity (Wildman–Crippen MR) is 54.1 cm³/mol. The third-order valence-corrected chi connectivity index (χ3v) is 2.00. The van der Waals surface area contributed by atoms with Crippen LogP contribution in [0.1, 0.15) is 0 Å². The van der Waals surface area contributed by atoms with E-state index in [-0.39, 0.29) is 16.9 Å². The second-order valence-corrected chi connectivity index (χ2v) is 3.01. The molecular formula is C10H6FN3O2.